The van der Waals surface area contributed by atoms with Crippen molar-refractivity contribution in [3.8, 4) is 0 Å². The minimum Gasteiger partial charge on any atom is -0.394 e. The van der Waals surface area contributed by atoms with Gasteiger partial charge in [-0.25, -0.2) is 4.79 Å². The van der Waals surface area contributed by atoms with Gasteiger partial charge in [0.15, 0.2) is 6.10 Å². The number of carbonyl (C=O) groups is 1. The van der Waals surface area contributed by atoms with E-state index in [2.05, 4.69) is 20.8 Å². The number of hydrogen-bond acceptors (Lipinski definition) is 6. The van der Waals surface area contributed by atoms with E-state index >= 15 is 0 Å². The molecule has 1 aliphatic rings. The summed E-state index contributed by atoms with van der Waals surface area (Å²) in [4.78, 5) is 21.2. The second-order valence-corrected chi connectivity index (χ2v) is 4.90. The molecule has 0 amide bonds. The minimum atomic E-state index is -1.09. The first-order valence-corrected chi connectivity index (χ1v) is 6.56. The molecule has 4 atom stereocenters. The summed E-state index contributed by atoms with van der Waals surface area (Å²) in [6, 6.07) is 8.32. The zero-order chi connectivity index (χ0) is 13.8. The molecule has 0 saturated carbocycles. The van der Waals surface area contributed by atoms with Gasteiger partial charge in [0.05, 0.1) is 12.2 Å². The highest BCUT2D eigenvalue weighted by molar-refractivity contribution is 9.09. The Morgan fingerprint density at radius 2 is 2.05 bits per heavy atom. The Hall–Kier alpha value is -0.990. The second-order valence-electron chi connectivity index (χ2n) is 4.00. The Balaban J connectivity index is 1.90. The Labute approximate surface area is 118 Å². The SMILES string of the molecule is O=C(OO[C@@H]1C(Br)O[C@H](CO)[C@H]1O)c1ccccc1. The van der Waals surface area contributed by atoms with Gasteiger partial charge in [0.2, 0.25) is 0 Å². The molecule has 1 unspecified atom stereocenters. The largest absolute Gasteiger partial charge is 0.394 e. The zero-order valence-electron chi connectivity index (χ0n) is 9.81. The average Bonchev–Trinajstić information content (AvgIpc) is 2.72. The van der Waals surface area contributed by atoms with Crippen LogP contribution in [0.15, 0.2) is 30.3 Å². The summed E-state index contributed by atoms with van der Waals surface area (Å²) in [5.41, 5.74) is 0.334. The van der Waals surface area contributed by atoms with Crippen LogP contribution in [0.25, 0.3) is 0 Å². The van der Waals surface area contributed by atoms with Gasteiger partial charge in [-0.3, -0.25) is 4.89 Å². The molecule has 2 rings (SSSR count). The number of benzene rings is 1. The molecule has 0 spiro atoms. The molecule has 7 heteroatoms. The summed E-state index contributed by atoms with van der Waals surface area (Å²) < 4.78 is 5.17. The van der Waals surface area contributed by atoms with Crippen molar-refractivity contribution >= 4 is 21.9 Å². The lowest BCUT2D eigenvalue weighted by atomic mass is 10.2. The molecule has 19 heavy (non-hydrogen) atoms. The molecule has 6 nitrogen and oxygen atoms in total. The van der Waals surface area contributed by atoms with E-state index in [1.807, 2.05) is 0 Å². The van der Waals surface area contributed by atoms with Gasteiger partial charge in [-0.1, -0.05) is 34.1 Å². The predicted molar refractivity (Wildman–Crippen MR) is 67.4 cm³/mol. The van der Waals surface area contributed by atoms with Gasteiger partial charge < -0.3 is 14.9 Å². The molecular weight excluding hydrogens is 320 g/mol. The van der Waals surface area contributed by atoms with Crippen LogP contribution in [-0.2, 0) is 14.5 Å². The predicted octanol–water partition coefficient (Wildman–Crippen LogP) is 0.617. The third-order valence-corrected chi connectivity index (χ3v) is 3.44. The average molecular weight is 333 g/mol. The van der Waals surface area contributed by atoms with E-state index in [0.717, 1.165) is 0 Å². The number of alkyl halides is 1. The highest BCUT2D eigenvalue weighted by atomic mass is 79.9. The third kappa shape index (κ3) is 3.31. The molecule has 1 aromatic carbocycles. The van der Waals surface area contributed by atoms with Crippen molar-refractivity contribution in [1.29, 1.82) is 0 Å². The van der Waals surface area contributed by atoms with Crippen molar-refractivity contribution < 1.29 is 29.5 Å². The highest BCUT2D eigenvalue weighted by Crippen LogP contribution is 2.28. The van der Waals surface area contributed by atoms with Gasteiger partial charge in [0.25, 0.3) is 0 Å². The van der Waals surface area contributed by atoms with Crippen molar-refractivity contribution in [3.05, 3.63) is 35.9 Å². The molecule has 1 heterocycles. The van der Waals surface area contributed by atoms with Gasteiger partial charge in [-0.2, -0.15) is 4.89 Å². The van der Waals surface area contributed by atoms with Crippen LogP contribution in [0, 0.1) is 0 Å². The van der Waals surface area contributed by atoms with E-state index in [1.54, 1.807) is 30.3 Å². The number of aliphatic hydroxyl groups is 2. The van der Waals surface area contributed by atoms with Crippen molar-refractivity contribution in [2.24, 2.45) is 0 Å². The fourth-order valence-electron chi connectivity index (χ4n) is 1.66. The lowest BCUT2D eigenvalue weighted by Gasteiger charge is -2.15. The monoisotopic (exact) mass is 332 g/mol. The van der Waals surface area contributed by atoms with Crippen LogP contribution in [0.4, 0.5) is 0 Å². The fourth-order valence-corrected chi connectivity index (χ4v) is 2.34. The van der Waals surface area contributed by atoms with E-state index in [1.165, 1.54) is 0 Å². The van der Waals surface area contributed by atoms with Crippen LogP contribution in [0.5, 0.6) is 0 Å². The summed E-state index contributed by atoms with van der Waals surface area (Å²) in [6.07, 6.45) is -2.76. The number of rotatable bonds is 4. The van der Waals surface area contributed by atoms with Crippen LogP contribution in [0.3, 0.4) is 0 Å². The van der Waals surface area contributed by atoms with Crippen LogP contribution in [0.2, 0.25) is 0 Å². The van der Waals surface area contributed by atoms with Gasteiger partial charge in [-0.15, -0.1) is 0 Å². The Bertz CT molecular complexity index is 425. The molecular formula is C12H13BrO6. The van der Waals surface area contributed by atoms with Gasteiger partial charge in [-0.05, 0) is 12.1 Å². The Morgan fingerprint density at radius 3 is 2.63 bits per heavy atom. The van der Waals surface area contributed by atoms with Crippen molar-refractivity contribution in [2.45, 2.75) is 23.3 Å². The van der Waals surface area contributed by atoms with Crippen LogP contribution < -0.4 is 0 Å². The number of halogens is 1. The van der Waals surface area contributed by atoms with Gasteiger partial charge in [0, 0.05) is 0 Å². The van der Waals surface area contributed by atoms with E-state index in [4.69, 9.17) is 14.7 Å². The lowest BCUT2D eigenvalue weighted by Crippen LogP contribution is -2.35. The first-order valence-electron chi connectivity index (χ1n) is 5.64. The lowest BCUT2D eigenvalue weighted by molar-refractivity contribution is -0.287. The Morgan fingerprint density at radius 1 is 1.37 bits per heavy atom. The number of aliphatic hydroxyl groups excluding tert-OH is 2. The Kier molecular flexibility index (Phi) is 4.89. The molecule has 1 saturated heterocycles. The van der Waals surface area contributed by atoms with E-state index in [-0.39, 0.29) is 6.61 Å². The molecule has 1 aromatic rings. The first kappa shape index (κ1) is 14.4. The highest BCUT2D eigenvalue weighted by Gasteiger charge is 2.44. The minimum absolute atomic E-state index is 0.334. The van der Waals surface area contributed by atoms with Gasteiger partial charge in [0.1, 0.15) is 17.2 Å². The molecule has 0 aromatic heterocycles. The fraction of sp³-hybridized carbons (Fsp3) is 0.417. The van der Waals surface area contributed by atoms with E-state index in [0.29, 0.717) is 5.56 Å². The second kappa shape index (κ2) is 6.44. The van der Waals surface area contributed by atoms with Crippen molar-refractivity contribution in [2.75, 3.05) is 6.61 Å². The molecule has 1 fully saturated rings. The normalized spacial score (nSPS) is 30.3. The summed E-state index contributed by atoms with van der Waals surface area (Å²) >= 11 is 3.12. The maximum Gasteiger partial charge on any atom is 0.373 e. The maximum absolute atomic E-state index is 11.6. The molecule has 104 valence electrons. The molecule has 2 N–H and O–H groups in total. The maximum atomic E-state index is 11.6. The quantitative estimate of drug-likeness (QED) is 0.477. The van der Waals surface area contributed by atoms with Crippen LogP contribution in [0.1, 0.15) is 10.4 Å². The number of carbonyl (C=O) groups excluding carboxylic acids is 1. The van der Waals surface area contributed by atoms with E-state index < -0.39 is 29.3 Å². The van der Waals surface area contributed by atoms with Crippen LogP contribution >= 0.6 is 15.9 Å². The topological polar surface area (TPSA) is 85.2 Å². The van der Waals surface area contributed by atoms with E-state index in [9.17, 15) is 9.90 Å². The summed E-state index contributed by atoms with van der Waals surface area (Å²) in [7, 11) is 0. The number of ether oxygens (including phenoxy) is 1. The standard InChI is InChI=1S/C12H13BrO6/c13-11-10(9(15)8(6-14)17-11)18-19-12(16)7-4-2-1-3-5-7/h1-5,8-11,14-15H,6H2/t8-,9-,10+,11?/m1/s1. The smallest absolute Gasteiger partial charge is 0.373 e. The molecule has 1 aliphatic heterocycles. The number of hydrogen-bond donors (Lipinski definition) is 2. The first-order chi connectivity index (χ1) is 9.13. The molecule has 0 bridgehead atoms. The van der Waals surface area contributed by atoms with Crippen LogP contribution in [-0.4, -0.2) is 46.1 Å². The summed E-state index contributed by atoms with van der Waals surface area (Å²) in [5.74, 6) is -0.667. The summed E-state index contributed by atoms with van der Waals surface area (Å²) in [5, 5.41) is 18.1. The van der Waals surface area contributed by atoms with Crippen molar-refractivity contribution in [3.63, 3.8) is 0 Å². The third-order valence-electron chi connectivity index (χ3n) is 2.70. The molecule has 0 aliphatic carbocycles. The zero-order valence-corrected chi connectivity index (χ0v) is 11.4. The summed E-state index contributed by atoms with van der Waals surface area (Å²) in [6.45, 7) is -0.351. The van der Waals surface area contributed by atoms with Gasteiger partial charge >= 0.3 is 5.97 Å². The van der Waals surface area contributed by atoms with Crippen molar-refractivity contribution in [1.82, 2.24) is 0 Å². The molecule has 0 radical (unpaired) electrons.